The van der Waals surface area contributed by atoms with Gasteiger partial charge in [0.1, 0.15) is 18.1 Å². The van der Waals surface area contributed by atoms with Gasteiger partial charge < -0.3 is 19.3 Å². The minimum atomic E-state index is 0.103. The Kier molecular flexibility index (Phi) is 5.57. The third-order valence-corrected chi connectivity index (χ3v) is 4.82. The highest BCUT2D eigenvalue weighted by Crippen LogP contribution is 2.39. The Hall–Kier alpha value is -3.93. The molecule has 152 valence electrons. The van der Waals surface area contributed by atoms with Gasteiger partial charge in [0.25, 0.3) is 0 Å². The first-order valence-corrected chi connectivity index (χ1v) is 9.45. The SMILES string of the molecule is COc1ccc(-c2cn[nH]c2-c2ccc(OCc3ccccc3)cc2O)cc1OC. The van der Waals surface area contributed by atoms with Crippen LogP contribution in [0, 0.1) is 0 Å². The predicted octanol–water partition coefficient (Wildman–Crippen LogP) is 5.05. The van der Waals surface area contributed by atoms with E-state index in [0.29, 0.717) is 35.1 Å². The molecule has 6 heteroatoms. The van der Waals surface area contributed by atoms with Crippen LogP contribution in [0.5, 0.6) is 23.0 Å². The number of ether oxygens (including phenoxy) is 3. The number of rotatable bonds is 7. The molecular weight excluding hydrogens is 380 g/mol. The van der Waals surface area contributed by atoms with Crippen molar-refractivity contribution in [3.05, 3.63) is 78.5 Å². The quantitative estimate of drug-likeness (QED) is 0.453. The minimum absolute atomic E-state index is 0.103. The fourth-order valence-electron chi connectivity index (χ4n) is 3.27. The number of aromatic nitrogens is 2. The van der Waals surface area contributed by atoms with Crippen LogP contribution in [-0.4, -0.2) is 29.5 Å². The van der Waals surface area contributed by atoms with Crippen molar-refractivity contribution in [1.29, 1.82) is 0 Å². The molecule has 1 aromatic heterocycles. The van der Waals surface area contributed by atoms with Crippen LogP contribution in [0.25, 0.3) is 22.4 Å². The number of nitrogens with zero attached hydrogens (tertiary/aromatic N) is 1. The number of phenols is 1. The third kappa shape index (κ3) is 3.93. The van der Waals surface area contributed by atoms with Gasteiger partial charge in [-0.15, -0.1) is 0 Å². The maximum atomic E-state index is 10.6. The minimum Gasteiger partial charge on any atom is -0.507 e. The van der Waals surface area contributed by atoms with E-state index in [4.69, 9.17) is 14.2 Å². The van der Waals surface area contributed by atoms with Gasteiger partial charge in [-0.05, 0) is 35.4 Å². The molecule has 0 fully saturated rings. The first-order chi connectivity index (χ1) is 14.7. The van der Waals surface area contributed by atoms with E-state index in [2.05, 4.69) is 10.2 Å². The summed E-state index contributed by atoms with van der Waals surface area (Å²) in [6.07, 6.45) is 1.72. The molecule has 0 radical (unpaired) electrons. The van der Waals surface area contributed by atoms with Gasteiger partial charge in [0, 0.05) is 17.2 Å². The van der Waals surface area contributed by atoms with Crippen molar-refractivity contribution in [2.24, 2.45) is 0 Å². The third-order valence-electron chi connectivity index (χ3n) is 4.82. The number of benzene rings is 3. The number of hydrogen-bond acceptors (Lipinski definition) is 5. The number of H-pyrrole nitrogens is 1. The Morgan fingerprint density at radius 1 is 0.867 bits per heavy atom. The van der Waals surface area contributed by atoms with Crippen LogP contribution in [-0.2, 0) is 6.61 Å². The summed E-state index contributed by atoms with van der Waals surface area (Å²) in [5.74, 6) is 1.96. The van der Waals surface area contributed by atoms with Crippen LogP contribution in [0.4, 0.5) is 0 Å². The molecule has 0 saturated carbocycles. The average molecular weight is 402 g/mol. The molecule has 2 N–H and O–H groups in total. The maximum absolute atomic E-state index is 10.6. The van der Waals surface area contributed by atoms with Crippen molar-refractivity contribution >= 4 is 0 Å². The van der Waals surface area contributed by atoms with Gasteiger partial charge in [0.05, 0.1) is 26.1 Å². The van der Waals surface area contributed by atoms with Crippen LogP contribution in [0.3, 0.4) is 0 Å². The molecule has 1 heterocycles. The largest absolute Gasteiger partial charge is 0.507 e. The molecule has 0 aliphatic carbocycles. The summed E-state index contributed by atoms with van der Waals surface area (Å²) in [5, 5.41) is 17.8. The van der Waals surface area contributed by atoms with Crippen molar-refractivity contribution in [3.8, 4) is 45.4 Å². The highest BCUT2D eigenvalue weighted by atomic mass is 16.5. The molecule has 0 unspecified atom stereocenters. The zero-order valence-electron chi connectivity index (χ0n) is 16.8. The van der Waals surface area contributed by atoms with Crippen molar-refractivity contribution in [2.45, 2.75) is 6.61 Å². The summed E-state index contributed by atoms with van der Waals surface area (Å²) in [6, 6.07) is 20.8. The van der Waals surface area contributed by atoms with Crippen molar-refractivity contribution < 1.29 is 19.3 Å². The van der Waals surface area contributed by atoms with Crippen molar-refractivity contribution in [2.75, 3.05) is 14.2 Å². The molecule has 0 aliphatic heterocycles. The predicted molar refractivity (Wildman–Crippen MR) is 115 cm³/mol. The number of phenolic OH excluding ortho intramolecular Hbond substituents is 1. The number of nitrogens with one attached hydrogen (secondary N) is 1. The second-order valence-corrected chi connectivity index (χ2v) is 6.68. The van der Waals surface area contributed by atoms with Gasteiger partial charge >= 0.3 is 0 Å². The lowest BCUT2D eigenvalue weighted by molar-refractivity contribution is 0.304. The lowest BCUT2D eigenvalue weighted by Gasteiger charge is -2.11. The van der Waals surface area contributed by atoms with E-state index in [-0.39, 0.29) is 5.75 Å². The van der Waals surface area contributed by atoms with Crippen molar-refractivity contribution in [3.63, 3.8) is 0 Å². The molecule has 0 aliphatic rings. The lowest BCUT2D eigenvalue weighted by atomic mass is 10.0. The van der Waals surface area contributed by atoms with E-state index in [1.165, 1.54) is 0 Å². The summed E-state index contributed by atoms with van der Waals surface area (Å²) in [4.78, 5) is 0. The van der Waals surface area contributed by atoms with Gasteiger partial charge in [-0.2, -0.15) is 5.10 Å². The Labute approximate surface area is 174 Å². The summed E-state index contributed by atoms with van der Waals surface area (Å²) in [7, 11) is 3.19. The van der Waals surface area contributed by atoms with E-state index in [1.54, 1.807) is 26.5 Å². The van der Waals surface area contributed by atoms with Gasteiger partial charge in [0.2, 0.25) is 0 Å². The zero-order valence-corrected chi connectivity index (χ0v) is 16.8. The summed E-state index contributed by atoms with van der Waals surface area (Å²) in [6.45, 7) is 0.431. The first kappa shape index (κ1) is 19.4. The fourth-order valence-corrected chi connectivity index (χ4v) is 3.27. The number of aromatic hydroxyl groups is 1. The molecule has 4 rings (SSSR count). The normalized spacial score (nSPS) is 10.6. The second-order valence-electron chi connectivity index (χ2n) is 6.68. The van der Waals surface area contributed by atoms with Gasteiger partial charge in [-0.25, -0.2) is 0 Å². The summed E-state index contributed by atoms with van der Waals surface area (Å²) >= 11 is 0. The monoisotopic (exact) mass is 402 g/mol. The standard InChI is InChI=1S/C24H22N2O4/c1-28-22-11-8-17(12-23(22)29-2)20-14-25-26-24(20)19-10-9-18(13-21(19)27)30-15-16-6-4-3-5-7-16/h3-14,27H,15H2,1-2H3,(H,25,26). The molecular formula is C24H22N2O4. The van der Waals surface area contributed by atoms with E-state index in [0.717, 1.165) is 16.7 Å². The molecule has 0 bridgehead atoms. The topological polar surface area (TPSA) is 76.6 Å². The first-order valence-electron chi connectivity index (χ1n) is 9.45. The van der Waals surface area contributed by atoms with Gasteiger partial charge in [-0.1, -0.05) is 36.4 Å². The Morgan fingerprint density at radius 2 is 1.67 bits per heavy atom. The highest BCUT2D eigenvalue weighted by Gasteiger charge is 2.16. The van der Waals surface area contributed by atoms with Gasteiger partial charge in [-0.3, -0.25) is 5.10 Å². The van der Waals surface area contributed by atoms with Gasteiger partial charge in [0.15, 0.2) is 11.5 Å². The van der Waals surface area contributed by atoms with Crippen LogP contribution >= 0.6 is 0 Å². The molecule has 4 aromatic rings. The lowest BCUT2D eigenvalue weighted by Crippen LogP contribution is -1.95. The molecule has 0 spiro atoms. The number of methoxy groups -OCH3 is 2. The van der Waals surface area contributed by atoms with E-state index < -0.39 is 0 Å². The van der Waals surface area contributed by atoms with Crippen LogP contribution in [0.2, 0.25) is 0 Å². The van der Waals surface area contributed by atoms with E-state index in [9.17, 15) is 5.11 Å². The Bertz CT molecular complexity index is 1140. The molecule has 0 amide bonds. The summed E-state index contributed by atoms with van der Waals surface area (Å²) in [5.41, 5.74) is 4.12. The number of hydrogen-bond donors (Lipinski definition) is 2. The fraction of sp³-hybridized carbons (Fsp3) is 0.125. The van der Waals surface area contributed by atoms with Crippen LogP contribution in [0.1, 0.15) is 5.56 Å². The van der Waals surface area contributed by atoms with Crippen molar-refractivity contribution in [1.82, 2.24) is 10.2 Å². The Morgan fingerprint density at radius 3 is 2.40 bits per heavy atom. The van der Waals surface area contributed by atoms with E-state index >= 15 is 0 Å². The second kappa shape index (κ2) is 8.61. The molecule has 0 atom stereocenters. The molecule has 3 aromatic carbocycles. The molecule has 0 saturated heterocycles. The van der Waals surface area contributed by atoms with Crippen LogP contribution in [0.15, 0.2) is 72.9 Å². The van der Waals surface area contributed by atoms with E-state index in [1.807, 2.05) is 60.7 Å². The van der Waals surface area contributed by atoms with Crippen LogP contribution < -0.4 is 14.2 Å². The number of aromatic amines is 1. The molecule has 6 nitrogen and oxygen atoms in total. The average Bonchev–Trinajstić information content (AvgIpc) is 3.27. The zero-order chi connectivity index (χ0) is 20.9. The smallest absolute Gasteiger partial charge is 0.161 e. The Balaban J connectivity index is 1.61. The maximum Gasteiger partial charge on any atom is 0.161 e. The summed E-state index contributed by atoms with van der Waals surface area (Å²) < 4.78 is 16.5. The molecule has 30 heavy (non-hydrogen) atoms. The highest BCUT2D eigenvalue weighted by molar-refractivity contribution is 5.84.